The summed E-state index contributed by atoms with van der Waals surface area (Å²) in [7, 11) is 1.62. The minimum Gasteiger partial charge on any atom is -0.508 e. The molecule has 1 aromatic rings. The predicted octanol–water partition coefficient (Wildman–Crippen LogP) is 1.54. The Bertz CT molecular complexity index is 545. The topological polar surface area (TPSA) is 87.1 Å². The first-order chi connectivity index (χ1) is 9.91. The van der Waals surface area contributed by atoms with Crippen LogP contribution in [0.3, 0.4) is 0 Å². The van der Waals surface area contributed by atoms with Crippen molar-refractivity contribution in [3.8, 4) is 5.75 Å². The molecule has 114 valence electrons. The number of amides is 1. The van der Waals surface area contributed by atoms with Gasteiger partial charge in [-0.3, -0.25) is 4.79 Å². The van der Waals surface area contributed by atoms with Crippen LogP contribution in [0.25, 0.3) is 0 Å². The molecular formula is C15H19NO5. The van der Waals surface area contributed by atoms with E-state index in [1.165, 1.54) is 4.90 Å². The second kappa shape index (κ2) is 6.13. The number of phenolic OH excluding ortho intramolecular Hbond substituents is 1. The maximum atomic E-state index is 12.4. The standard InChI is InChI=1S/C15H19NO5/c1-9(10-5-3-4-6-11(10)17)16(2)14(18)12-7-8-13(21-12)15(19)20/h3-6,9,12-13,17H,7-8H2,1-2H3,(H,19,20). The van der Waals surface area contributed by atoms with Crippen molar-refractivity contribution in [3.05, 3.63) is 29.8 Å². The Morgan fingerprint density at radius 2 is 1.90 bits per heavy atom. The lowest BCUT2D eigenvalue weighted by atomic mass is 10.1. The molecule has 0 aliphatic carbocycles. The van der Waals surface area contributed by atoms with Crippen molar-refractivity contribution >= 4 is 11.9 Å². The Morgan fingerprint density at radius 3 is 2.48 bits per heavy atom. The number of likely N-dealkylation sites (N-methyl/N-ethyl adjacent to an activating group) is 1. The zero-order valence-corrected chi connectivity index (χ0v) is 12.0. The smallest absolute Gasteiger partial charge is 0.332 e. The molecule has 1 aliphatic heterocycles. The largest absolute Gasteiger partial charge is 0.508 e. The zero-order chi connectivity index (χ0) is 15.6. The molecule has 1 fully saturated rings. The third kappa shape index (κ3) is 3.16. The van der Waals surface area contributed by atoms with E-state index in [4.69, 9.17) is 9.84 Å². The molecule has 1 aromatic carbocycles. The van der Waals surface area contributed by atoms with Crippen LogP contribution >= 0.6 is 0 Å². The van der Waals surface area contributed by atoms with Gasteiger partial charge in [0.1, 0.15) is 11.9 Å². The molecule has 0 saturated carbocycles. The number of hydrogen-bond donors (Lipinski definition) is 2. The number of carboxylic acid groups (broad SMARTS) is 1. The lowest BCUT2D eigenvalue weighted by Gasteiger charge is -2.28. The number of nitrogens with zero attached hydrogens (tertiary/aromatic N) is 1. The Morgan fingerprint density at radius 1 is 1.29 bits per heavy atom. The highest BCUT2D eigenvalue weighted by Gasteiger charge is 2.37. The fourth-order valence-corrected chi connectivity index (χ4v) is 2.47. The molecule has 1 saturated heterocycles. The zero-order valence-electron chi connectivity index (χ0n) is 12.0. The van der Waals surface area contributed by atoms with Gasteiger partial charge in [-0.1, -0.05) is 18.2 Å². The fourth-order valence-electron chi connectivity index (χ4n) is 2.47. The third-order valence-electron chi connectivity index (χ3n) is 3.89. The van der Waals surface area contributed by atoms with Crippen LogP contribution in [-0.2, 0) is 14.3 Å². The number of ether oxygens (including phenoxy) is 1. The highest BCUT2D eigenvalue weighted by atomic mass is 16.5. The van der Waals surface area contributed by atoms with E-state index in [-0.39, 0.29) is 17.7 Å². The molecule has 0 aromatic heterocycles. The molecule has 6 nitrogen and oxygen atoms in total. The molecule has 21 heavy (non-hydrogen) atoms. The van der Waals surface area contributed by atoms with E-state index >= 15 is 0 Å². The SMILES string of the molecule is CC(c1ccccc1O)N(C)C(=O)C1CCC(C(=O)O)O1. The van der Waals surface area contributed by atoms with Gasteiger partial charge >= 0.3 is 5.97 Å². The summed E-state index contributed by atoms with van der Waals surface area (Å²) in [6.45, 7) is 1.80. The number of carboxylic acids is 1. The quantitative estimate of drug-likeness (QED) is 0.879. The molecule has 0 spiro atoms. The van der Waals surface area contributed by atoms with Crippen molar-refractivity contribution in [1.82, 2.24) is 4.90 Å². The van der Waals surface area contributed by atoms with Gasteiger partial charge in [-0.15, -0.1) is 0 Å². The number of aromatic hydroxyl groups is 1. The molecule has 3 atom stereocenters. The normalized spacial score (nSPS) is 22.8. The van der Waals surface area contributed by atoms with Crippen molar-refractivity contribution in [3.63, 3.8) is 0 Å². The molecule has 1 heterocycles. The molecule has 2 N–H and O–H groups in total. The van der Waals surface area contributed by atoms with Crippen LogP contribution in [-0.4, -0.2) is 46.2 Å². The van der Waals surface area contributed by atoms with Crippen LogP contribution < -0.4 is 0 Å². The number of para-hydroxylation sites is 1. The van der Waals surface area contributed by atoms with E-state index in [1.54, 1.807) is 38.2 Å². The van der Waals surface area contributed by atoms with Gasteiger partial charge < -0.3 is 19.8 Å². The number of rotatable bonds is 4. The highest BCUT2D eigenvalue weighted by molar-refractivity contribution is 5.83. The molecule has 1 amide bonds. The van der Waals surface area contributed by atoms with E-state index in [0.29, 0.717) is 18.4 Å². The van der Waals surface area contributed by atoms with Gasteiger partial charge in [-0.25, -0.2) is 4.79 Å². The van der Waals surface area contributed by atoms with E-state index in [0.717, 1.165) is 0 Å². The number of carbonyl (C=O) groups excluding carboxylic acids is 1. The number of hydrogen-bond acceptors (Lipinski definition) is 4. The second-order valence-corrected chi connectivity index (χ2v) is 5.21. The molecule has 2 rings (SSSR count). The van der Waals surface area contributed by atoms with Crippen LogP contribution in [0.2, 0.25) is 0 Å². The monoisotopic (exact) mass is 293 g/mol. The van der Waals surface area contributed by atoms with Crippen molar-refractivity contribution in [2.75, 3.05) is 7.05 Å². The van der Waals surface area contributed by atoms with E-state index in [2.05, 4.69) is 0 Å². The van der Waals surface area contributed by atoms with Crippen LogP contribution in [0, 0.1) is 0 Å². The van der Waals surface area contributed by atoms with Crippen molar-refractivity contribution in [2.45, 2.75) is 38.0 Å². The summed E-state index contributed by atoms with van der Waals surface area (Å²) in [6.07, 6.45) is -0.907. The molecular weight excluding hydrogens is 274 g/mol. The van der Waals surface area contributed by atoms with E-state index in [1.807, 2.05) is 0 Å². The summed E-state index contributed by atoms with van der Waals surface area (Å²) >= 11 is 0. The van der Waals surface area contributed by atoms with Gasteiger partial charge in [-0.2, -0.15) is 0 Å². The first kappa shape index (κ1) is 15.3. The molecule has 1 aliphatic rings. The van der Waals surface area contributed by atoms with Crippen LogP contribution in [0.1, 0.15) is 31.4 Å². The average Bonchev–Trinajstić information content (AvgIpc) is 2.95. The first-order valence-electron chi connectivity index (χ1n) is 6.84. The van der Waals surface area contributed by atoms with Gasteiger partial charge in [0.2, 0.25) is 0 Å². The second-order valence-electron chi connectivity index (χ2n) is 5.21. The summed E-state index contributed by atoms with van der Waals surface area (Å²) in [6, 6.07) is 6.49. The lowest BCUT2D eigenvalue weighted by Crippen LogP contribution is -2.38. The fraction of sp³-hybridized carbons (Fsp3) is 0.467. The average molecular weight is 293 g/mol. The Hall–Kier alpha value is -2.08. The van der Waals surface area contributed by atoms with Crippen LogP contribution in [0.4, 0.5) is 0 Å². The van der Waals surface area contributed by atoms with Gasteiger partial charge in [-0.05, 0) is 25.8 Å². The maximum absolute atomic E-state index is 12.4. The molecule has 0 bridgehead atoms. The number of carbonyl (C=O) groups is 2. The first-order valence-corrected chi connectivity index (χ1v) is 6.84. The Kier molecular flexibility index (Phi) is 4.47. The summed E-state index contributed by atoms with van der Waals surface area (Å²) in [5.74, 6) is -1.18. The predicted molar refractivity (Wildman–Crippen MR) is 74.8 cm³/mol. The highest BCUT2D eigenvalue weighted by Crippen LogP contribution is 2.29. The van der Waals surface area contributed by atoms with Crippen molar-refractivity contribution in [1.29, 1.82) is 0 Å². The molecule has 0 radical (unpaired) electrons. The summed E-state index contributed by atoms with van der Waals surface area (Å²) < 4.78 is 5.27. The summed E-state index contributed by atoms with van der Waals surface area (Å²) in [5.41, 5.74) is 0.640. The van der Waals surface area contributed by atoms with Crippen molar-refractivity contribution in [2.24, 2.45) is 0 Å². The minimum atomic E-state index is -1.04. The maximum Gasteiger partial charge on any atom is 0.332 e. The van der Waals surface area contributed by atoms with Gasteiger partial charge in [0.25, 0.3) is 5.91 Å². The number of phenols is 1. The minimum absolute atomic E-state index is 0.125. The van der Waals surface area contributed by atoms with E-state index < -0.39 is 18.2 Å². The van der Waals surface area contributed by atoms with Gasteiger partial charge in [0, 0.05) is 12.6 Å². The number of benzene rings is 1. The molecule has 3 unspecified atom stereocenters. The van der Waals surface area contributed by atoms with E-state index in [9.17, 15) is 14.7 Å². The van der Waals surface area contributed by atoms with Crippen LogP contribution in [0.5, 0.6) is 5.75 Å². The third-order valence-corrected chi connectivity index (χ3v) is 3.89. The van der Waals surface area contributed by atoms with Gasteiger partial charge in [0.05, 0.1) is 6.04 Å². The van der Waals surface area contributed by atoms with Gasteiger partial charge in [0.15, 0.2) is 6.10 Å². The Labute approximate surface area is 122 Å². The Balaban J connectivity index is 2.06. The lowest BCUT2D eigenvalue weighted by molar-refractivity contribution is -0.155. The van der Waals surface area contributed by atoms with Crippen LogP contribution in [0.15, 0.2) is 24.3 Å². The van der Waals surface area contributed by atoms with Crippen molar-refractivity contribution < 1.29 is 24.5 Å². The summed E-state index contributed by atoms with van der Waals surface area (Å²) in [4.78, 5) is 24.7. The summed E-state index contributed by atoms with van der Waals surface area (Å²) in [5, 5.41) is 18.7. The molecule has 6 heteroatoms. The number of aliphatic carboxylic acids is 1.